The summed E-state index contributed by atoms with van der Waals surface area (Å²) in [7, 11) is 0. The molecule has 3 amide bonds. The summed E-state index contributed by atoms with van der Waals surface area (Å²) in [5, 5.41) is 8.05. The van der Waals surface area contributed by atoms with Crippen molar-refractivity contribution in [2.75, 3.05) is 5.32 Å². The average molecular weight is 458 g/mol. The molecule has 2 heterocycles. The zero-order valence-electron chi connectivity index (χ0n) is 19.3. The fraction of sp³-hybridized carbons (Fsp3) is 0.296. The van der Waals surface area contributed by atoms with Crippen molar-refractivity contribution in [3.63, 3.8) is 0 Å². The van der Waals surface area contributed by atoms with Crippen LogP contribution in [0.25, 0.3) is 10.8 Å². The SMILES string of the molecule is CC(C)Oc1ccc2cc(CNc3ccc4c(c3)CN(C3CCC(=O)NC3=O)C4=O)ccc2c1. The Morgan fingerprint density at radius 2 is 1.82 bits per heavy atom. The number of imide groups is 1. The highest BCUT2D eigenvalue weighted by Crippen LogP contribution is 2.30. The van der Waals surface area contributed by atoms with Crippen molar-refractivity contribution < 1.29 is 19.1 Å². The second kappa shape index (κ2) is 8.82. The fourth-order valence-corrected chi connectivity index (χ4v) is 4.62. The van der Waals surface area contributed by atoms with Gasteiger partial charge in [0, 0.05) is 30.8 Å². The molecule has 5 rings (SSSR count). The summed E-state index contributed by atoms with van der Waals surface area (Å²) in [6.07, 6.45) is 0.753. The standard InChI is InChI=1S/C27H27N3O4/c1-16(2)34-22-7-5-18-11-17(3-4-19(18)13-22)14-28-21-6-8-23-20(12-21)15-30(27(23)33)24-9-10-25(31)29-26(24)32/h3-8,11-13,16,24,28H,9-10,14-15H2,1-2H3,(H,29,31,32). The van der Waals surface area contributed by atoms with Crippen LogP contribution in [0.2, 0.25) is 0 Å². The van der Waals surface area contributed by atoms with Gasteiger partial charge in [0.2, 0.25) is 11.8 Å². The number of piperidine rings is 1. The van der Waals surface area contributed by atoms with E-state index in [1.54, 1.807) is 4.90 Å². The van der Waals surface area contributed by atoms with Gasteiger partial charge in [0.1, 0.15) is 11.8 Å². The Morgan fingerprint density at radius 3 is 2.62 bits per heavy atom. The van der Waals surface area contributed by atoms with Gasteiger partial charge in [-0.1, -0.05) is 18.2 Å². The first kappa shape index (κ1) is 21.9. The van der Waals surface area contributed by atoms with Crippen LogP contribution < -0.4 is 15.4 Å². The fourth-order valence-electron chi connectivity index (χ4n) is 4.62. The van der Waals surface area contributed by atoms with Crippen molar-refractivity contribution in [1.29, 1.82) is 0 Å². The van der Waals surface area contributed by atoms with Gasteiger partial charge in [-0.05, 0) is 78.6 Å². The highest BCUT2D eigenvalue weighted by Gasteiger charge is 2.39. The minimum atomic E-state index is -0.599. The number of amides is 3. The van der Waals surface area contributed by atoms with E-state index in [9.17, 15) is 14.4 Å². The molecule has 7 heteroatoms. The molecule has 0 spiro atoms. The minimum absolute atomic E-state index is 0.139. The monoisotopic (exact) mass is 457 g/mol. The summed E-state index contributed by atoms with van der Waals surface area (Å²) < 4.78 is 5.78. The quantitative estimate of drug-likeness (QED) is 0.547. The normalized spacial score (nSPS) is 17.8. The Hall–Kier alpha value is -3.87. The lowest BCUT2D eigenvalue weighted by Gasteiger charge is -2.29. The summed E-state index contributed by atoms with van der Waals surface area (Å²) in [5.41, 5.74) is 3.56. The third-order valence-electron chi connectivity index (χ3n) is 6.27. The molecule has 1 saturated heterocycles. The number of hydrogen-bond donors (Lipinski definition) is 2. The van der Waals surface area contributed by atoms with E-state index in [4.69, 9.17) is 4.74 Å². The van der Waals surface area contributed by atoms with Crippen molar-refractivity contribution >= 4 is 34.2 Å². The van der Waals surface area contributed by atoms with E-state index in [0.717, 1.165) is 33.3 Å². The lowest BCUT2D eigenvalue weighted by Crippen LogP contribution is -2.52. The van der Waals surface area contributed by atoms with Gasteiger partial charge in [0.25, 0.3) is 5.91 Å². The maximum absolute atomic E-state index is 12.9. The highest BCUT2D eigenvalue weighted by molar-refractivity contribution is 6.05. The van der Waals surface area contributed by atoms with Crippen molar-refractivity contribution in [3.8, 4) is 5.75 Å². The first-order valence-corrected chi connectivity index (χ1v) is 11.6. The molecule has 1 fully saturated rings. The first-order valence-electron chi connectivity index (χ1n) is 11.6. The lowest BCUT2D eigenvalue weighted by molar-refractivity contribution is -0.136. The van der Waals surface area contributed by atoms with E-state index in [1.807, 2.05) is 38.1 Å². The highest BCUT2D eigenvalue weighted by atomic mass is 16.5. The van der Waals surface area contributed by atoms with Gasteiger partial charge in [-0.25, -0.2) is 0 Å². The Morgan fingerprint density at radius 1 is 1.03 bits per heavy atom. The van der Waals surface area contributed by atoms with E-state index >= 15 is 0 Å². The molecule has 34 heavy (non-hydrogen) atoms. The van der Waals surface area contributed by atoms with Crippen LogP contribution >= 0.6 is 0 Å². The summed E-state index contributed by atoms with van der Waals surface area (Å²) in [6, 6.07) is 17.5. The Bertz CT molecular complexity index is 1300. The maximum Gasteiger partial charge on any atom is 0.255 e. The van der Waals surface area contributed by atoms with Crippen LogP contribution in [0.1, 0.15) is 48.2 Å². The second-order valence-electron chi connectivity index (χ2n) is 9.14. The zero-order chi connectivity index (χ0) is 23.8. The predicted octanol–water partition coefficient (Wildman–Crippen LogP) is 4.00. The van der Waals surface area contributed by atoms with Gasteiger partial charge in [-0.15, -0.1) is 0 Å². The lowest BCUT2D eigenvalue weighted by atomic mass is 10.0. The van der Waals surface area contributed by atoms with Crippen molar-refractivity contribution in [1.82, 2.24) is 10.2 Å². The van der Waals surface area contributed by atoms with Crippen LogP contribution in [-0.4, -0.2) is 34.8 Å². The Kier molecular flexibility index (Phi) is 5.69. The van der Waals surface area contributed by atoms with Crippen molar-refractivity contribution in [2.45, 2.75) is 51.9 Å². The Labute approximate surface area is 198 Å². The van der Waals surface area contributed by atoms with Gasteiger partial charge in [-0.3, -0.25) is 19.7 Å². The summed E-state index contributed by atoms with van der Waals surface area (Å²) in [5.74, 6) is 0.0312. The molecule has 3 aromatic rings. The number of hydrogen-bond acceptors (Lipinski definition) is 5. The topological polar surface area (TPSA) is 87.7 Å². The molecule has 174 valence electrons. The van der Waals surface area contributed by atoms with Gasteiger partial charge >= 0.3 is 0 Å². The number of benzene rings is 3. The second-order valence-corrected chi connectivity index (χ2v) is 9.14. The number of nitrogens with one attached hydrogen (secondary N) is 2. The molecule has 1 unspecified atom stereocenters. The third-order valence-corrected chi connectivity index (χ3v) is 6.27. The van der Waals surface area contributed by atoms with Crippen LogP contribution in [-0.2, 0) is 22.7 Å². The van der Waals surface area contributed by atoms with Crippen molar-refractivity contribution in [2.24, 2.45) is 0 Å². The number of carbonyl (C=O) groups is 3. The van der Waals surface area contributed by atoms with E-state index in [0.29, 0.717) is 25.1 Å². The zero-order valence-corrected chi connectivity index (χ0v) is 19.3. The molecule has 7 nitrogen and oxygen atoms in total. The number of ether oxygens (including phenoxy) is 1. The van der Waals surface area contributed by atoms with Crippen LogP contribution in [0.5, 0.6) is 5.75 Å². The molecule has 0 saturated carbocycles. The van der Waals surface area contributed by atoms with Crippen LogP contribution in [0, 0.1) is 0 Å². The van der Waals surface area contributed by atoms with E-state index in [-0.39, 0.29) is 24.3 Å². The van der Waals surface area contributed by atoms with E-state index < -0.39 is 11.9 Å². The van der Waals surface area contributed by atoms with Gasteiger partial charge in [-0.2, -0.15) is 0 Å². The molecule has 1 atom stereocenters. The smallest absolute Gasteiger partial charge is 0.255 e. The van der Waals surface area contributed by atoms with Crippen LogP contribution in [0.3, 0.4) is 0 Å². The minimum Gasteiger partial charge on any atom is -0.491 e. The van der Waals surface area contributed by atoms with E-state index in [2.05, 4.69) is 41.0 Å². The first-order chi connectivity index (χ1) is 16.4. The molecule has 2 aliphatic rings. The van der Waals surface area contributed by atoms with Crippen molar-refractivity contribution in [3.05, 3.63) is 71.3 Å². The number of fused-ring (bicyclic) bond motifs is 2. The predicted molar refractivity (Wildman–Crippen MR) is 130 cm³/mol. The molecule has 2 aliphatic heterocycles. The molecule has 2 N–H and O–H groups in total. The number of carbonyl (C=O) groups excluding carboxylic acids is 3. The number of rotatable bonds is 6. The number of nitrogens with zero attached hydrogens (tertiary/aromatic N) is 1. The summed E-state index contributed by atoms with van der Waals surface area (Å²) in [6.45, 7) is 5.04. The largest absolute Gasteiger partial charge is 0.491 e. The molecular formula is C27H27N3O4. The van der Waals surface area contributed by atoms with Gasteiger partial charge in [0.05, 0.1) is 6.10 Å². The molecular weight excluding hydrogens is 430 g/mol. The summed E-state index contributed by atoms with van der Waals surface area (Å²) >= 11 is 0. The number of anilines is 1. The molecule has 0 bridgehead atoms. The summed E-state index contributed by atoms with van der Waals surface area (Å²) in [4.78, 5) is 38.1. The Balaban J connectivity index is 1.26. The third kappa shape index (κ3) is 4.33. The van der Waals surface area contributed by atoms with Crippen LogP contribution in [0.15, 0.2) is 54.6 Å². The maximum atomic E-state index is 12.9. The van der Waals surface area contributed by atoms with Gasteiger partial charge in [0.15, 0.2) is 0 Å². The average Bonchev–Trinajstić information content (AvgIpc) is 3.12. The molecule has 0 radical (unpaired) electrons. The van der Waals surface area contributed by atoms with E-state index in [1.165, 1.54) is 0 Å². The molecule has 0 aromatic heterocycles. The van der Waals surface area contributed by atoms with Crippen LogP contribution in [0.4, 0.5) is 5.69 Å². The van der Waals surface area contributed by atoms with Gasteiger partial charge < -0.3 is 15.0 Å². The molecule has 0 aliphatic carbocycles. The molecule has 3 aromatic carbocycles.